The molecule has 2 aliphatic heterocycles. The van der Waals surface area contributed by atoms with E-state index in [0.29, 0.717) is 35.8 Å². The fourth-order valence-corrected chi connectivity index (χ4v) is 4.40. The van der Waals surface area contributed by atoms with Gasteiger partial charge in [-0.3, -0.25) is 0 Å². The number of nitrogens with zero attached hydrogens (tertiary/aromatic N) is 2. The number of phenolic OH excluding ortho intramolecular Hbond substituents is 1. The number of benzene rings is 3. The van der Waals surface area contributed by atoms with Crippen molar-refractivity contribution < 1.29 is 24.1 Å². The van der Waals surface area contributed by atoms with E-state index < -0.39 is 6.23 Å². The molecule has 0 aliphatic carbocycles. The average molecular weight is 447 g/mol. The van der Waals surface area contributed by atoms with Crippen molar-refractivity contribution in [2.24, 2.45) is 5.10 Å². The molecule has 2 atom stereocenters. The van der Waals surface area contributed by atoms with Gasteiger partial charge >= 0.3 is 0 Å². The Morgan fingerprint density at radius 2 is 1.82 bits per heavy atom. The number of rotatable bonds is 6. The molecule has 33 heavy (non-hydrogen) atoms. The summed E-state index contributed by atoms with van der Waals surface area (Å²) in [5.74, 6) is 3.03. The molecule has 0 radical (unpaired) electrons. The molecule has 1 N–H and O–H groups in total. The third-order valence-corrected chi connectivity index (χ3v) is 5.99. The summed E-state index contributed by atoms with van der Waals surface area (Å²) in [7, 11) is 3.25. The molecule has 0 bridgehead atoms. The molecule has 2 aliphatic rings. The molecule has 7 heteroatoms. The van der Waals surface area contributed by atoms with E-state index in [1.165, 1.54) is 0 Å². The average Bonchev–Trinajstić information content (AvgIpc) is 3.30. The first-order valence-electron chi connectivity index (χ1n) is 10.9. The molecule has 0 fully saturated rings. The lowest BCUT2D eigenvalue weighted by Crippen LogP contribution is -2.33. The number of fused-ring (bicyclic) bond motifs is 3. The van der Waals surface area contributed by atoms with E-state index in [1.54, 1.807) is 26.4 Å². The Labute approximate surface area is 192 Å². The lowest BCUT2D eigenvalue weighted by atomic mass is 9.95. The van der Waals surface area contributed by atoms with Crippen LogP contribution in [0, 0.1) is 0 Å². The Hall–Kier alpha value is -3.87. The lowest BCUT2D eigenvalue weighted by molar-refractivity contribution is -0.0209. The van der Waals surface area contributed by atoms with Gasteiger partial charge in [0.15, 0.2) is 11.5 Å². The van der Waals surface area contributed by atoms with Crippen molar-refractivity contribution in [1.29, 1.82) is 0 Å². The van der Waals surface area contributed by atoms with Crippen molar-refractivity contribution >= 4 is 5.71 Å². The summed E-state index contributed by atoms with van der Waals surface area (Å²) in [4.78, 5) is 0. The number of phenols is 1. The summed E-state index contributed by atoms with van der Waals surface area (Å²) in [6, 6.07) is 18.8. The van der Waals surface area contributed by atoms with Crippen LogP contribution < -0.4 is 18.9 Å². The smallest absolute Gasteiger partial charge is 0.214 e. The first kappa shape index (κ1) is 21.0. The topological polar surface area (TPSA) is 72.8 Å². The molecular weight excluding hydrogens is 420 g/mol. The largest absolute Gasteiger partial charge is 0.507 e. The SMILES string of the molecule is CCOc1ccc(C2Oc3c(OC)cccc3C3CC(c4cc(OC)ccc4O)=NN32)cc1. The second-order valence-corrected chi connectivity index (χ2v) is 7.88. The Morgan fingerprint density at radius 3 is 2.55 bits per heavy atom. The molecule has 2 heterocycles. The second-order valence-electron chi connectivity index (χ2n) is 7.88. The summed E-state index contributed by atoms with van der Waals surface area (Å²) in [6.45, 7) is 2.57. The van der Waals surface area contributed by atoms with Gasteiger partial charge in [0.05, 0.1) is 32.6 Å². The molecule has 170 valence electrons. The molecule has 0 saturated carbocycles. The Balaban J connectivity index is 1.59. The molecule has 7 nitrogen and oxygen atoms in total. The number of methoxy groups -OCH3 is 2. The third kappa shape index (κ3) is 3.69. The Bertz CT molecular complexity index is 1190. The van der Waals surface area contributed by atoms with Crippen molar-refractivity contribution in [2.75, 3.05) is 20.8 Å². The zero-order valence-electron chi connectivity index (χ0n) is 18.8. The predicted octanol–water partition coefficient (Wildman–Crippen LogP) is 5.05. The zero-order chi connectivity index (χ0) is 22.9. The monoisotopic (exact) mass is 446 g/mol. The van der Waals surface area contributed by atoms with Gasteiger partial charge in [0.1, 0.15) is 17.2 Å². The van der Waals surface area contributed by atoms with Gasteiger partial charge in [-0.15, -0.1) is 0 Å². The van der Waals surface area contributed by atoms with Crippen molar-refractivity contribution in [1.82, 2.24) is 5.01 Å². The summed E-state index contributed by atoms with van der Waals surface area (Å²) in [6.07, 6.45) is 0.150. The van der Waals surface area contributed by atoms with Crippen LogP contribution in [-0.4, -0.2) is 36.7 Å². The van der Waals surface area contributed by atoms with Gasteiger partial charge in [0, 0.05) is 23.1 Å². The van der Waals surface area contributed by atoms with Crippen molar-refractivity contribution in [3.8, 4) is 28.7 Å². The van der Waals surface area contributed by atoms with Crippen LogP contribution in [0.3, 0.4) is 0 Å². The molecule has 3 aromatic rings. The predicted molar refractivity (Wildman–Crippen MR) is 124 cm³/mol. The van der Waals surface area contributed by atoms with Gasteiger partial charge in [-0.05, 0) is 55.5 Å². The highest BCUT2D eigenvalue weighted by atomic mass is 16.5. The van der Waals surface area contributed by atoms with Gasteiger partial charge in [-0.1, -0.05) is 12.1 Å². The van der Waals surface area contributed by atoms with Crippen LogP contribution in [0.2, 0.25) is 0 Å². The van der Waals surface area contributed by atoms with E-state index in [-0.39, 0.29) is 11.8 Å². The molecular formula is C26H26N2O5. The van der Waals surface area contributed by atoms with Crippen LogP contribution >= 0.6 is 0 Å². The van der Waals surface area contributed by atoms with E-state index in [1.807, 2.05) is 60.5 Å². The molecule has 2 unspecified atom stereocenters. The highest BCUT2D eigenvalue weighted by Gasteiger charge is 2.42. The maximum atomic E-state index is 10.5. The van der Waals surface area contributed by atoms with E-state index in [9.17, 15) is 5.11 Å². The minimum absolute atomic E-state index is 0.0685. The minimum atomic E-state index is -0.459. The highest BCUT2D eigenvalue weighted by Crippen LogP contribution is 2.51. The lowest BCUT2D eigenvalue weighted by Gasteiger charge is -2.38. The Morgan fingerprint density at radius 1 is 1.03 bits per heavy atom. The molecule has 0 aromatic heterocycles. The maximum absolute atomic E-state index is 10.5. The summed E-state index contributed by atoms with van der Waals surface area (Å²) < 4.78 is 23.0. The van der Waals surface area contributed by atoms with Crippen LogP contribution in [0.4, 0.5) is 0 Å². The van der Waals surface area contributed by atoms with Gasteiger partial charge in [0.25, 0.3) is 0 Å². The van der Waals surface area contributed by atoms with Crippen LogP contribution in [0.15, 0.2) is 65.8 Å². The molecule has 0 saturated heterocycles. The van der Waals surface area contributed by atoms with Crippen LogP contribution in [0.5, 0.6) is 28.7 Å². The quantitative estimate of drug-likeness (QED) is 0.571. The van der Waals surface area contributed by atoms with E-state index in [4.69, 9.17) is 24.0 Å². The van der Waals surface area contributed by atoms with Gasteiger partial charge < -0.3 is 24.1 Å². The van der Waals surface area contributed by atoms with E-state index >= 15 is 0 Å². The first-order chi connectivity index (χ1) is 16.1. The molecule has 5 rings (SSSR count). The number of aromatic hydroxyl groups is 1. The number of ether oxygens (including phenoxy) is 4. The zero-order valence-corrected chi connectivity index (χ0v) is 18.8. The van der Waals surface area contributed by atoms with Gasteiger partial charge in [0.2, 0.25) is 6.23 Å². The van der Waals surface area contributed by atoms with Gasteiger partial charge in [-0.2, -0.15) is 5.10 Å². The second kappa shape index (κ2) is 8.58. The highest BCUT2D eigenvalue weighted by molar-refractivity contribution is 6.04. The number of para-hydroxylation sites is 1. The van der Waals surface area contributed by atoms with Crippen molar-refractivity contribution in [3.05, 3.63) is 77.4 Å². The normalized spacial score (nSPS) is 18.6. The summed E-state index contributed by atoms with van der Waals surface area (Å²) in [5, 5.41) is 17.4. The fourth-order valence-electron chi connectivity index (χ4n) is 4.40. The molecule has 0 spiro atoms. The summed E-state index contributed by atoms with van der Waals surface area (Å²) in [5.41, 5.74) is 3.36. The number of hydrogen-bond donors (Lipinski definition) is 1. The van der Waals surface area contributed by atoms with E-state index in [2.05, 4.69) is 0 Å². The van der Waals surface area contributed by atoms with Crippen molar-refractivity contribution in [3.63, 3.8) is 0 Å². The maximum Gasteiger partial charge on any atom is 0.214 e. The van der Waals surface area contributed by atoms with Crippen LogP contribution in [-0.2, 0) is 0 Å². The van der Waals surface area contributed by atoms with Crippen molar-refractivity contribution in [2.45, 2.75) is 25.6 Å². The minimum Gasteiger partial charge on any atom is -0.507 e. The van der Waals surface area contributed by atoms with Crippen LogP contribution in [0.1, 0.15) is 42.3 Å². The van der Waals surface area contributed by atoms with E-state index in [0.717, 1.165) is 22.6 Å². The molecule has 3 aromatic carbocycles. The van der Waals surface area contributed by atoms with Crippen LogP contribution in [0.25, 0.3) is 0 Å². The molecule has 0 amide bonds. The fraction of sp³-hybridized carbons (Fsp3) is 0.269. The number of hydrogen-bond acceptors (Lipinski definition) is 7. The van der Waals surface area contributed by atoms with Gasteiger partial charge in [-0.25, -0.2) is 5.01 Å². The first-order valence-corrected chi connectivity index (χ1v) is 10.9. The third-order valence-electron chi connectivity index (χ3n) is 5.99. The number of hydrazone groups is 1. The standard InChI is InChI=1S/C26H26N2O5/c1-4-32-17-10-8-16(9-11-17)26-28-22(19-6-5-7-24(31-3)25(19)33-26)15-21(27-28)20-14-18(30-2)12-13-23(20)29/h5-14,22,26,29H,4,15H2,1-3H3. The summed E-state index contributed by atoms with van der Waals surface area (Å²) >= 11 is 0. The Kier molecular flexibility index (Phi) is 5.46.